The fourth-order valence-electron chi connectivity index (χ4n) is 2.49. The second-order valence-corrected chi connectivity index (χ2v) is 6.48. The van der Waals surface area contributed by atoms with E-state index in [1.807, 2.05) is 13.0 Å². The van der Waals surface area contributed by atoms with Crippen LogP contribution in [-0.4, -0.2) is 30.0 Å². The van der Waals surface area contributed by atoms with E-state index >= 15 is 0 Å². The van der Waals surface area contributed by atoms with Crippen LogP contribution in [0.2, 0.25) is 0 Å². The Labute approximate surface area is 158 Å². The fraction of sp³-hybridized carbons (Fsp3) is 0.381. The lowest BCUT2D eigenvalue weighted by Crippen LogP contribution is -2.08. The lowest BCUT2D eigenvalue weighted by molar-refractivity contribution is 0.201. The zero-order valence-electron chi connectivity index (χ0n) is 15.9. The predicted molar refractivity (Wildman–Crippen MR) is 105 cm³/mol. The zero-order valence-corrected chi connectivity index (χ0v) is 15.9. The van der Waals surface area contributed by atoms with Crippen molar-refractivity contribution in [2.75, 3.05) is 19.8 Å². The molecule has 0 aliphatic heterocycles. The molecule has 0 unspecified atom stereocenters. The van der Waals surface area contributed by atoms with E-state index in [1.165, 1.54) is 17.7 Å². The van der Waals surface area contributed by atoms with Gasteiger partial charge in [-0.1, -0.05) is 17.2 Å². The van der Waals surface area contributed by atoms with Crippen molar-refractivity contribution < 1.29 is 24.1 Å². The number of ether oxygens (including phenoxy) is 2. The highest BCUT2D eigenvalue weighted by atomic mass is 16.5. The summed E-state index contributed by atoms with van der Waals surface area (Å²) in [6, 6.07) is 4.66. The number of aliphatic hydroxyl groups is 1. The van der Waals surface area contributed by atoms with E-state index in [0.29, 0.717) is 11.1 Å². The van der Waals surface area contributed by atoms with Gasteiger partial charge in [0, 0.05) is 0 Å². The molecule has 0 amide bonds. The molecular formula is C21H26O6. The Kier molecular flexibility index (Phi) is 7.49. The van der Waals surface area contributed by atoms with Gasteiger partial charge < -0.3 is 24.1 Å². The molecule has 0 aliphatic rings. The summed E-state index contributed by atoms with van der Waals surface area (Å²) in [7, 11) is 0. The Balaban J connectivity index is 2.15. The maximum absolute atomic E-state index is 12.1. The van der Waals surface area contributed by atoms with Gasteiger partial charge in [0.1, 0.15) is 24.5 Å². The van der Waals surface area contributed by atoms with Crippen LogP contribution in [0.5, 0.6) is 17.2 Å². The van der Waals surface area contributed by atoms with E-state index in [0.717, 1.165) is 18.4 Å². The number of aromatic hydroxyl groups is 1. The van der Waals surface area contributed by atoms with Gasteiger partial charge in [0.15, 0.2) is 5.75 Å². The van der Waals surface area contributed by atoms with E-state index in [1.54, 1.807) is 6.07 Å². The number of aliphatic hydroxyl groups excluding tert-OH is 1. The van der Waals surface area contributed by atoms with Crippen molar-refractivity contribution in [2.45, 2.75) is 33.6 Å². The molecule has 6 heteroatoms. The maximum atomic E-state index is 12.1. The number of allylic oxidation sites excluding steroid dienone is 3. The first-order valence-corrected chi connectivity index (χ1v) is 8.87. The zero-order chi connectivity index (χ0) is 19.8. The number of hydrogen-bond acceptors (Lipinski definition) is 6. The Morgan fingerprint density at radius 1 is 1.19 bits per heavy atom. The molecule has 1 heterocycles. The van der Waals surface area contributed by atoms with Gasteiger partial charge >= 0.3 is 5.63 Å². The molecule has 2 N–H and O–H groups in total. The van der Waals surface area contributed by atoms with Gasteiger partial charge in [-0.05, 0) is 57.9 Å². The van der Waals surface area contributed by atoms with Crippen LogP contribution in [-0.2, 0) is 0 Å². The lowest BCUT2D eigenvalue weighted by atomic mass is 10.1. The van der Waals surface area contributed by atoms with E-state index in [9.17, 15) is 9.90 Å². The minimum absolute atomic E-state index is 0.123. The van der Waals surface area contributed by atoms with Crippen molar-refractivity contribution in [3.05, 3.63) is 51.9 Å². The van der Waals surface area contributed by atoms with Gasteiger partial charge in [0.05, 0.1) is 12.0 Å². The quantitative estimate of drug-likeness (QED) is 0.510. The van der Waals surface area contributed by atoms with Crippen molar-refractivity contribution >= 4 is 11.0 Å². The van der Waals surface area contributed by atoms with Crippen LogP contribution in [0.15, 0.2) is 50.7 Å². The van der Waals surface area contributed by atoms with E-state index in [2.05, 4.69) is 19.9 Å². The van der Waals surface area contributed by atoms with Crippen molar-refractivity contribution in [1.82, 2.24) is 0 Å². The molecule has 2 rings (SSSR count). The molecule has 6 nitrogen and oxygen atoms in total. The Hall–Kier alpha value is -2.73. The number of rotatable bonds is 9. The summed E-state index contributed by atoms with van der Waals surface area (Å²) >= 11 is 0. The van der Waals surface area contributed by atoms with Gasteiger partial charge in [0.25, 0.3) is 0 Å². The Morgan fingerprint density at radius 3 is 2.67 bits per heavy atom. The van der Waals surface area contributed by atoms with E-state index < -0.39 is 5.63 Å². The highest BCUT2D eigenvalue weighted by Crippen LogP contribution is 2.33. The van der Waals surface area contributed by atoms with Gasteiger partial charge in [-0.3, -0.25) is 0 Å². The van der Waals surface area contributed by atoms with Crippen molar-refractivity contribution in [3.8, 4) is 17.2 Å². The summed E-state index contributed by atoms with van der Waals surface area (Å²) in [6.45, 7) is 6.28. The summed E-state index contributed by atoms with van der Waals surface area (Å²) in [5.41, 5.74) is 1.91. The molecule has 0 atom stereocenters. The summed E-state index contributed by atoms with van der Waals surface area (Å²) in [5, 5.41) is 19.6. The molecule has 146 valence electrons. The van der Waals surface area contributed by atoms with Crippen LogP contribution < -0.4 is 15.1 Å². The van der Waals surface area contributed by atoms with E-state index in [4.69, 9.17) is 19.0 Å². The van der Waals surface area contributed by atoms with Crippen LogP contribution in [0.1, 0.15) is 33.6 Å². The van der Waals surface area contributed by atoms with Crippen LogP contribution in [0.3, 0.4) is 0 Å². The standard InChI is InChI=1S/C21H26O6/c1-14(2)5-4-6-15(3)9-11-26-20-19(23)17-13-16(25-12-10-22)7-8-18(17)27-21(20)24/h5,7-9,13,22-23H,4,6,10-12H2,1-3H3/b15-9+. The average Bonchev–Trinajstić information content (AvgIpc) is 2.62. The molecule has 0 aliphatic carbocycles. The van der Waals surface area contributed by atoms with Crippen molar-refractivity contribution in [3.63, 3.8) is 0 Å². The molecule has 2 aromatic rings. The average molecular weight is 374 g/mol. The fourth-order valence-corrected chi connectivity index (χ4v) is 2.49. The summed E-state index contributed by atoms with van der Waals surface area (Å²) in [4.78, 5) is 12.1. The third kappa shape index (κ3) is 5.89. The molecule has 1 aromatic carbocycles. The number of fused-ring (bicyclic) bond motifs is 1. The molecule has 0 fully saturated rings. The SMILES string of the molecule is CC(C)=CCC/C(C)=C/COc1c(O)c2cc(OCCO)ccc2oc1=O. The third-order valence-electron chi connectivity index (χ3n) is 3.92. The van der Waals surface area contributed by atoms with Gasteiger partial charge in [-0.25, -0.2) is 4.79 Å². The minimum Gasteiger partial charge on any atom is -0.504 e. The first-order valence-electron chi connectivity index (χ1n) is 8.87. The van der Waals surface area contributed by atoms with Gasteiger partial charge in [0.2, 0.25) is 5.75 Å². The molecule has 0 saturated carbocycles. The smallest absolute Gasteiger partial charge is 0.383 e. The second kappa shape index (κ2) is 9.83. The van der Waals surface area contributed by atoms with Gasteiger partial charge in [-0.2, -0.15) is 0 Å². The van der Waals surface area contributed by atoms with Crippen molar-refractivity contribution in [1.29, 1.82) is 0 Å². The maximum Gasteiger partial charge on any atom is 0.383 e. The summed E-state index contributed by atoms with van der Waals surface area (Å²) < 4.78 is 16.0. The lowest BCUT2D eigenvalue weighted by Gasteiger charge is -2.09. The largest absolute Gasteiger partial charge is 0.504 e. The van der Waals surface area contributed by atoms with E-state index in [-0.39, 0.29) is 36.9 Å². The molecule has 1 aromatic heterocycles. The minimum atomic E-state index is -0.736. The summed E-state index contributed by atoms with van der Waals surface area (Å²) in [6.07, 6.45) is 5.89. The Morgan fingerprint density at radius 2 is 1.96 bits per heavy atom. The van der Waals surface area contributed by atoms with Crippen molar-refractivity contribution in [2.24, 2.45) is 0 Å². The molecule has 0 radical (unpaired) electrons. The molecular weight excluding hydrogens is 348 g/mol. The monoisotopic (exact) mass is 374 g/mol. The summed E-state index contributed by atoms with van der Waals surface area (Å²) in [5.74, 6) is -0.0666. The second-order valence-electron chi connectivity index (χ2n) is 6.48. The number of hydrogen-bond donors (Lipinski definition) is 2. The van der Waals surface area contributed by atoms with Gasteiger partial charge in [-0.15, -0.1) is 0 Å². The topological polar surface area (TPSA) is 89.1 Å². The molecule has 27 heavy (non-hydrogen) atoms. The number of benzene rings is 1. The molecule has 0 saturated heterocycles. The first-order chi connectivity index (χ1) is 12.9. The first kappa shape index (κ1) is 20.6. The molecule has 0 spiro atoms. The van der Waals surface area contributed by atoms with Crippen LogP contribution >= 0.6 is 0 Å². The highest BCUT2D eigenvalue weighted by Gasteiger charge is 2.16. The third-order valence-corrected chi connectivity index (χ3v) is 3.92. The van der Waals surface area contributed by atoms with Crippen LogP contribution in [0, 0.1) is 0 Å². The molecule has 0 bridgehead atoms. The highest BCUT2D eigenvalue weighted by molar-refractivity contribution is 5.86. The Bertz CT molecular complexity index is 887. The normalized spacial score (nSPS) is 11.5. The van der Waals surface area contributed by atoms with Crippen LogP contribution in [0.25, 0.3) is 11.0 Å². The predicted octanol–water partition coefficient (Wildman–Crippen LogP) is 3.94. The van der Waals surface area contributed by atoms with Crippen LogP contribution in [0.4, 0.5) is 0 Å².